The molecular formula is C14H26N2O2. The Hall–Kier alpha value is -0.610. The predicted molar refractivity (Wildman–Crippen MR) is 71.4 cm³/mol. The van der Waals surface area contributed by atoms with Gasteiger partial charge in [-0.1, -0.05) is 13.3 Å². The zero-order chi connectivity index (χ0) is 12.8. The second kappa shape index (κ2) is 6.53. The van der Waals surface area contributed by atoms with Crippen LogP contribution < -0.4 is 10.6 Å². The van der Waals surface area contributed by atoms with Crippen LogP contribution in [0.3, 0.4) is 0 Å². The Morgan fingerprint density at radius 3 is 2.83 bits per heavy atom. The van der Waals surface area contributed by atoms with Gasteiger partial charge in [-0.25, -0.2) is 0 Å². The van der Waals surface area contributed by atoms with E-state index < -0.39 is 0 Å². The van der Waals surface area contributed by atoms with Gasteiger partial charge in [0.1, 0.15) is 0 Å². The predicted octanol–water partition coefficient (Wildman–Crippen LogP) is 1.45. The lowest BCUT2D eigenvalue weighted by Crippen LogP contribution is -2.54. The Bertz CT molecular complexity index is 269. The van der Waals surface area contributed by atoms with Crippen LogP contribution in [0.25, 0.3) is 0 Å². The molecule has 2 heterocycles. The first-order valence-corrected chi connectivity index (χ1v) is 7.38. The highest BCUT2D eigenvalue weighted by Crippen LogP contribution is 2.25. The van der Waals surface area contributed by atoms with E-state index in [1.54, 1.807) is 0 Å². The molecule has 2 fully saturated rings. The average molecular weight is 254 g/mol. The van der Waals surface area contributed by atoms with Crippen LogP contribution in [-0.4, -0.2) is 37.7 Å². The Labute approximate surface area is 110 Å². The van der Waals surface area contributed by atoms with Crippen molar-refractivity contribution in [2.75, 3.05) is 26.3 Å². The van der Waals surface area contributed by atoms with Gasteiger partial charge in [-0.3, -0.25) is 4.79 Å². The van der Waals surface area contributed by atoms with Gasteiger partial charge >= 0.3 is 0 Å². The van der Waals surface area contributed by atoms with Crippen molar-refractivity contribution in [1.82, 2.24) is 10.6 Å². The molecule has 1 amide bonds. The maximum atomic E-state index is 12.4. The van der Waals surface area contributed by atoms with Crippen molar-refractivity contribution in [3.8, 4) is 0 Å². The van der Waals surface area contributed by atoms with Gasteiger partial charge in [-0.15, -0.1) is 0 Å². The fourth-order valence-corrected chi connectivity index (χ4v) is 3.11. The first-order chi connectivity index (χ1) is 8.77. The highest BCUT2D eigenvalue weighted by molar-refractivity contribution is 5.86. The fourth-order valence-electron chi connectivity index (χ4n) is 3.11. The van der Waals surface area contributed by atoms with Gasteiger partial charge < -0.3 is 15.4 Å². The van der Waals surface area contributed by atoms with Crippen LogP contribution in [-0.2, 0) is 9.53 Å². The van der Waals surface area contributed by atoms with E-state index in [-0.39, 0.29) is 11.4 Å². The topological polar surface area (TPSA) is 50.4 Å². The molecule has 4 heteroatoms. The number of amides is 1. The van der Waals surface area contributed by atoms with E-state index >= 15 is 0 Å². The lowest BCUT2D eigenvalue weighted by atomic mass is 9.90. The molecule has 0 aliphatic carbocycles. The second-order valence-electron chi connectivity index (χ2n) is 5.63. The number of hydrogen-bond donors (Lipinski definition) is 2. The van der Waals surface area contributed by atoms with Crippen molar-refractivity contribution in [2.24, 2.45) is 5.92 Å². The standard InChI is InChI=1S/C14H26N2O2/c1-2-6-14(7-3-8-16-14)13(17)15-11-12-4-9-18-10-5-12/h12,16H,2-11H2,1H3,(H,15,17). The summed E-state index contributed by atoms with van der Waals surface area (Å²) in [6, 6.07) is 0. The number of carbonyl (C=O) groups excluding carboxylic acids is 1. The van der Waals surface area contributed by atoms with Crippen molar-refractivity contribution in [3.05, 3.63) is 0 Å². The first kappa shape index (κ1) is 13.8. The smallest absolute Gasteiger partial charge is 0.240 e. The molecule has 2 aliphatic rings. The summed E-state index contributed by atoms with van der Waals surface area (Å²) in [7, 11) is 0. The van der Waals surface area contributed by atoms with Gasteiger partial charge in [0.25, 0.3) is 0 Å². The molecule has 0 saturated carbocycles. The van der Waals surface area contributed by atoms with E-state index in [0.717, 1.165) is 64.8 Å². The summed E-state index contributed by atoms with van der Waals surface area (Å²) < 4.78 is 5.34. The summed E-state index contributed by atoms with van der Waals surface area (Å²) in [5.41, 5.74) is -0.278. The van der Waals surface area contributed by atoms with E-state index in [1.807, 2.05) is 0 Å². The van der Waals surface area contributed by atoms with Gasteiger partial charge in [0, 0.05) is 19.8 Å². The monoisotopic (exact) mass is 254 g/mol. The minimum absolute atomic E-state index is 0.216. The van der Waals surface area contributed by atoms with E-state index in [9.17, 15) is 4.79 Å². The minimum Gasteiger partial charge on any atom is -0.381 e. The van der Waals surface area contributed by atoms with Crippen LogP contribution >= 0.6 is 0 Å². The summed E-state index contributed by atoms with van der Waals surface area (Å²) in [5, 5.41) is 6.58. The summed E-state index contributed by atoms with van der Waals surface area (Å²) in [6.07, 6.45) is 6.26. The third-order valence-electron chi connectivity index (χ3n) is 4.25. The molecule has 104 valence electrons. The van der Waals surface area contributed by atoms with Crippen LogP contribution in [0.2, 0.25) is 0 Å². The van der Waals surface area contributed by atoms with Gasteiger partial charge in [0.2, 0.25) is 5.91 Å². The molecule has 2 N–H and O–H groups in total. The molecule has 0 aromatic heterocycles. The van der Waals surface area contributed by atoms with Crippen LogP contribution in [0.15, 0.2) is 0 Å². The highest BCUT2D eigenvalue weighted by Gasteiger charge is 2.39. The lowest BCUT2D eigenvalue weighted by molar-refractivity contribution is -0.127. The van der Waals surface area contributed by atoms with E-state index in [4.69, 9.17) is 4.74 Å². The molecular weight excluding hydrogens is 228 g/mol. The minimum atomic E-state index is -0.278. The quantitative estimate of drug-likeness (QED) is 0.781. The Morgan fingerprint density at radius 2 is 2.22 bits per heavy atom. The van der Waals surface area contributed by atoms with Crippen molar-refractivity contribution in [1.29, 1.82) is 0 Å². The number of nitrogens with one attached hydrogen (secondary N) is 2. The molecule has 0 radical (unpaired) electrons. The van der Waals surface area contributed by atoms with Gasteiger partial charge in [0.15, 0.2) is 0 Å². The number of rotatable bonds is 5. The Balaban J connectivity index is 1.81. The van der Waals surface area contributed by atoms with Crippen LogP contribution in [0.5, 0.6) is 0 Å². The normalized spacial score (nSPS) is 29.4. The Morgan fingerprint density at radius 1 is 1.44 bits per heavy atom. The third-order valence-corrected chi connectivity index (χ3v) is 4.25. The molecule has 2 rings (SSSR count). The SMILES string of the molecule is CCCC1(C(=O)NCC2CCOCC2)CCCN1. The Kier molecular flexibility index (Phi) is 5.01. The summed E-state index contributed by atoms with van der Waals surface area (Å²) in [4.78, 5) is 12.4. The molecule has 0 aromatic carbocycles. The largest absolute Gasteiger partial charge is 0.381 e. The van der Waals surface area contributed by atoms with E-state index in [0.29, 0.717) is 5.92 Å². The molecule has 1 atom stereocenters. The zero-order valence-corrected chi connectivity index (χ0v) is 11.5. The van der Waals surface area contributed by atoms with E-state index in [1.165, 1.54) is 0 Å². The van der Waals surface area contributed by atoms with Crippen LogP contribution in [0, 0.1) is 5.92 Å². The highest BCUT2D eigenvalue weighted by atomic mass is 16.5. The second-order valence-corrected chi connectivity index (χ2v) is 5.63. The number of hydrogen-bond acceptors (Lipinski definition) is 3. The molecule has 4 nitrogen and oxygen atoms in total. The van der Waals surface area contributed by atoms with Gasteiger partial charge in [0.05, 0.1) is 5.54 Å². The molecule has 2 aliphatic heterocycles. The number of ether oxygens (including phenoxy) is 1. The van der Waals surface area contributed by atoms with Crippen molar-refractivity contribution in [3.63, 3.8) is 0 Å². The van der Waals surface area contributed by atoms with E-state index in [2.05, 4.69) is 17.6 Å². The van der Waals surface area contributed by atoms with Crippen molar-refractivity contribution < 1.29 is 9.53 Å². The van der Waals surface area contributed by atoms with Crippen molar-refractivity contribution in [2.45, 2.75) is 51.0 Å². The average Bonchev–Trinajstić information content (AvgIpc) is 2.87. The molecule has 1 unspecified atom stereocenters. The first-order valence-electron chi connectivity index (χ1n) is 7.38. The molecule has 2 saturated heterocycles. The fraction of sp³-hybridized carbons (Fsp3) is 0.929. The summed E-state index contributed by atoms with van der Waals surface area (Å²) in [6.45, 7) is 5.63. The van der Waals surface area contributed by atoms with Crippen molar-refractivity contribution >= 4 is 5.91 Å². The zero-order valence-electron chi connectivity index (χ0n) is 11.5. The summed E-state index contributed by atoms with van der Waals surface area (Å²) >= 11 is 0. The third kappa shape index (κ3) is 3.23. The lowest BCUT2D eigenvalue weighted by Gasteiger charge is -2.29. The molecule has 0 aromatic rings. The maximum Gasteiger partial charge on any atom is 0.240 e. The van der Waals surface area contributed by atoms with Gasteiger partial charge in [-0.05, 0) is 44.6 Å². The molecule has 18 heavy (non-hydrogen) atoms. The van der Waals surface area contributed by atoms with Gasteiger partial charge in [-0.2, -0.15) is 0 Å². The van der Waals surface area contributed by atoms with Crippen LogP contribution in [0.1, 0.15) is 45.4 Å². The molecule has 0 bridgehead atoms. The van der Waals surface area contributed by atoms with Crippen LogP contribution in [0.4, 0.5) is 0 Å². The maximum absolute atomic E-state index is 12.4. The summed E-state index contributed by atoms with van der Waals surface area (Å²) in [5.74, 6) is 0.816. The number of carbonyl (C=O) groups is 1. The molecule has 0 spiro atoms.